The molecule has 0 aliphatic carbocycles. The molecule has 33 heavy (non-hydrogen) atoms. The topological polar surface area (TPSA) is 76.9 Å². The van der Waals surface area contributed by atoms with Crippen molar-refractivity contribution in [3.63, 3.8) is 0 Å². The molecule has 0 N–H and O–H groups in total. The number of piperazine rings is 1. The average molecular weight is 465 g/mol. The molecule has 2 aliphatic heterocycles. The Bertz CT molecular complexity index is 1270. The van der Waals surface area contributed by atoms with Crippen molar-refractivity contribution in [2.45, 2.75) is 0 Å². The van der Waals surface area contributed by atoms with Crippen LogP contribution in [0.25, 0.3) is 11.8 Å². The number of ether oxygens (including phenoxy) is 2. The standard InChI is InChI=1S/C24H21ClN4O4/c25-23-19(15-26-29(24(23)31)18-4-2-1-3-5-18)27-10-12-28(13-11-27)22(30)9-7-17-6-8-20-21(14-17)33-16-32-20/h1-9,14-15H,10-13,16H2/b9-7+. The second-order valence-electron chi connectivity index (χ2n) is 7.65. The maximum absolute atomic E-state index is 12.7. The van der Waals surface area contributed by atoms with Crippen LogP contribution in [0.4, 0.5) is 5.69 Å². The number of halogens is 1. The maximum atomic E-state index is 12.7. The summed E-state index contributed by atoms with van der Waals surface area (Å²) in [6.07, 6.45) is 4.93. The molecule has 1 amide bonds. The van der Waals surface area contributed by atoms with E-state index in [0.29, 0.717) is 49.1 Å². The van der Waals surface area contributed by atoms with Crippen molar-refractivity contribution in [1.29, 1.82) is 0 Å². The van der Waals surface area contributed by atoms with E-state index in [1.807, 2.05) is 41.3 Å². The number of nitrogens with zero attached hydrogens (tertiary/aromatic N) is 4. The van der Waals surface area contributed by atoms with Crippen molar-refractivity contribution < 1.29 is 14.3 Å². The lowest BCUT2D eigenvalue weighted by atomic mass is 10.2. The molecule has 2 aromatic carbocycles. The van der Waals surface area contributed by atoms with E-state index in [0.717, 1.165) is 5.56 Å². The Labute approximate surface area is 195 Å². The number of hydrogen-bond acceptors (Lipinski definition) is 6. The Morgan fingerprint density at radius 2 is 1.76 bits per heavy atom. The summed E-state index contributed by atoms with van der Waals surface area (Å²) in [5.41, 5.74) is 1.73. The summed E-state index contributed by atoms with van der Waals surface area (Å²) in [4.78, 5) is 29.1. The van der Waals surface area contributed by atoms with Crippen LogP contribution in [0.5, 0.6) is 11.5 Å². The number of hydrogen-bond donors (Lipinski definition) is 0. The molecule has 0 unspecified atom stereocenters. The van der Waals surface area contributed by atoms with Crippen LogP contribution in [0.3, 0.4) is 0 Å². The zero-order chi connectivity index (χ0) is 22.8. The Hall–Kier alpha value is -3.78. The fraction of sp³-hybridized carbons (Fsp3) is 0.208. The SMILES string of the molecule is O=C(/C=C/c1ccc2c(c1)OCO2)N1CCN(c2cnn(-c3ccccc3)c(=O)c2Cl)CC1. The minimum absolute atomic E-state index is 0.0731. The van der Waals surface area contributed by atoms with Crippen molar-refractivity contribution in [1.82, 2.24) is 14.7 Å². The molecule has 0 bridgehead atoms. The van der Waals surface area contributed by atoms with Gasteiger partial charge < -0.3 is 19.3 Å². The van der Waals surface area contributed by atoms with E-state index >= 15 is 0 Å². The summed E-state index contributed by atoms with van der Waals surface area (Å²) in [5, 5.41) is 4.42. The molecule has 0 radical (unpaired) electrons. The van der Waals surface area contributed by atoms with Gasteiger partial charge in [-0.25, -0.2) is 0 Å². The summed E-state index contributed by atoms with van der Waals surface area (Å²) in [6, 6.07) is 14.7. The van der Waals surface area contributed by atoms with Gasteiger partial charge in [0, 0.05) is 32.3 Å². The molecule has 2 aliphatic rings. The first-order valence-electron chi connectivity index (χ1n) is 10.5. The summed E-state index contributed by atoms with van der Waals surface area (Å²) < 4.78 is 12.0. The summed E-state index contributed by atoms with van der Waals surface area (Å²) in [7, 11) is 0. The lowest BCUT2D eigenvalue weighted by molar-refractivity contribution is -0.126. The van der Waals surface area contributed by atoms with Gasteiger partial charge in [-0.15, -0.1) is 0 Å². The Balaban J connectivity index is 1.23. The number of benzene rings is 2. The molecule has 3 heterocycles. The highest BCUT2D eigenvalue weighted by Gasteiger charge is 2.23. The number of anilines is 1. The molecular weight excluding hydrogens is 444 g/mol. The smallest absolute Gasteiger partial charge is 0.292 e. The van der Waals surface area contributed by atoms with Crippen LogP contribution < -0.4 is 19.9 Å². The lowest BCUT2D eigenvalue weighted by Gasteiger charge is -2.35. The normalized spacial score (nSPS) is 15.3. The number of para-hydroxylation sites is 1. The Kier molecular flexibility index (Phi) is 5.75. The monoisotopic (exact) mass is 464 g/mol. The molecule has 1 aromatic heterocycles. The predicted molar refractivity (Wildman–Crippen MR) is 125 cm³/mol. The van der Waals surface area contributed by atoms with Gasteiger partial charge in [0.25, 0.3) is 5.56 Å². The van der Waals surface area contributed by atoms with Gasteiger partial charge in [-0.3, -0.25) is 9.59 Å². The van der Waals surface area contributed by atoms with Crippen molar-refractivity contribution in [3.8, 4) is 17.2 Å². The van der Waals surface area contributed by atoms with Gasteiger partial charge in [0.05, 0.1) is 17.6 Å². The van der Waals surface area contributed by atoms with E-state index in [1.54, 1.807) is 35.4 Å². The first-order valence-corrected chi connectivity index (χ1v) is 10.9. The van der Waals surface area contributed by atoms with Crippen LogP contribution in [-0.2, 0) is 4.79 Å². The van der Waals surface area contributed by atoms with Gasteiger partial charge in [0.15, 0.2) is 11.5 Å². The molecule has 9 heteroatoms. The molecule has 0 saturated carbocycles. The fourth-order valence-corrected chi connectivity index (χ4v) is 4.10. The van der Waals surface area contributed by atoms with Crippen LogP contribution in [0.1, 0.15) is 5.56 Å². The minimum atomic E-state index is -0.370. The minimum Gasteiger partial charge on any atom is -0.454 e. The van der Waals surface area contributed by atoms with Crippen LogP contribution in [0.15, 0.2) is 65.6 Å². The maximum Gasteiger partial charge on any atom is 0.292 e. The van der Waals surface area contributed by atoms with E-state index in [9.17, 15) is 9.59 Å². The van der Waals surface area contributed by atoms with E-state index in [1.165, 1.54) is 4.68 Å². The van der Waals surface area contributed by atoms with Crippen LogP contribution >= 0.6 is 11.6 Å². The fourth-order valence-electron chi connectivity index (χ4n) is 3.86. The quantitative estimate of drug-likeness (QED) is 0.552. The van der Waals surface area contributed by atoms with E-state index in [-0.39, 0.29) is 23.3 Å². The summed E-state index contributed by atoms with van der Waals surface area (Å²) in [6.45, 7) is 2.36. The van der Waals surface area contributed by atoms with E-state index in [4.69, 9.17) is 21.1 Å². The second kappa shape index (κ2) is 8.99. The van der Waals surface area contributed by atoms with Crippen molar-refractivity contribution >= 4 is 29.3 Å². The summed E-state index contributed by atoms with van der Waals surface area (Å²) in [5.74, 6) is 1.31. The van der Waals surface area contributed by atoms with Gasteiger partial charge in [0.1, 0.15) is 5.02 Å². The Morgan fingerprint density at radius 3 is 2.55 bits per heavy atom. The highest BCUT2D eigenvalue weighted by atomic mass is 35.5. The third-order valence-electron chi connectivity index (χ3n) is 5.65. The number of aromatic nitrogens is 2. The van der Waals surface area contributed by atoms with Crippen LogP contribution in [0, 0.1) is 0 Å². The van der Waals surface area contributed by atoms with E-state index < -0.39 is 0 Å². The molecule has 8 nitrogen and oxygen atoms in total. The number of amides is 1. The third kappa shape index (κ3) is 4.29. The molecule has 1 fully saturated rings. The molecule has 0 spiro atoms. The van der Waals surface area contributed by atoms with Crippen LogP contribution in [-0.4, -0.2) is 53.6 Å². The first-order chi connectivity index (χ1) is 16.1. The van der Waals surface area contributed by atoms with Gasteiger partial charge in [0.2, 0.25) is 12.7 Å². The average Bonchev–Trinajstić information content (AvgIpc) is 3.33. The summed E-state index contributed by atoms with van der Waals surface area (Å²) >= 11 is 6.41. The zero-order valence-electron chi connectivity index (χ0n) is 17.7. The molecule has 1 saturated heterocycles. The van der Waals surface area contributed by atoms with Gasteiger partial charge >= 0.3 is 0 Å². The van der Waals surface area contributed by atoms with Gasteiger partial charge in [-0.1, -0.05) is 35.9 Å². The largest absolute Gasteiger partial charge is 0.454 e. The molecule has 5 rings (SSSR count). The molecular formula is C24H21ClN4O4. The van der Waals surface area contributed by atoms with Crippen LogP contribution in [0.2, 0.25) is 5.02 Å². The van der Waals surface area contributed by atoms with Crippen molar-refractivity contribution in [2.24, 2.45) is 0 Å². The number of carbonyl (C=O) groups is 1. The number of fused-ring (bicyclic) bond motifs is 1. The highest BCUT2D eigenvalue weighted by Crippen LogP contribution is 2.32. The molecule has 0 atom stereocenters. The molecule has 3 aromatic rings. The second-order valence-corrected chi connectivity index (χ2v) is 8.03. The van der Waals surface area contributed by atoms with Crippen molar-refractivity contribution in [3.05, 3.63) is 81.7 Å². The molecule has 168 valence electrons. The predicted octanol–water partition coefficient (Wildman–Crippen LogP) is 2.98. The Morgan fingerprint density at radius 1 is 1.00 bits per heavy atom. The lowest BCUT2D eigenvalue weighted by Crippen LogP contribution is -2.48. The van der Waals surface area contributed by atoms with E-state index in [2.05, 4.69) is 5.10 Å². The third-order valence-corrected chi connectivity index (χ3v) is 6.00. The highest BCUT2D eigenvalue weighted by molar-refractivity contribution is 6.33. The number of carbonyl (C=O) groups excluding carboxylic acids is 1. The first kappa shape index (κ1) is 21.1. The zero-order valence-corrected chi connectivity index (χ0v) is 18.4. The van der Waals surface area contributed by atoms with Gasteiger partial charge in [-0.05, 0) is 35.9 Å². The van der Waals surface area contributed by atoms with Crippen molar-refractivity contribution in [2.75, 3.05) is 37.9 Å². The van der Waals surface area contributed by atoms with Gasteiger partial charge in [-0.2, -0.15) is 9.78 Å². The number of rotatable bonds is 4.